The average Bonchev–Trinajstić information content (AvgIpc) is 2.98. The van der Waals surface area contributed by atoms with Crippen molar-refractivity contribution in [2.45, 2.75) is 25.7 Å². The van der Waals surface area contributed by atoms with Gasteiger partial charge in [-0.05, 0) is 25.9 Å². The highest BCUT2D eigenvalue weighted by atomic mass is 32.1. The second-order valence-corrected chi connectivity index (χ2v) is 6.36. The molecule has 1 aromatic rings. The third kappa shape index (κ3) is 4.54. The van der Waals surface area contributed by atoms with Crippen LogP contribution in [0.3, 0.4) is 0 Å². The van der Waals surface area contributed by atoms with Crippen LogP contribution in [-0.2, 0) is 16.0 Å². The Labute approximate surface area is 124 Å². The van der Waals surface area contributed by atoms with Crippen LogP contribution in [0.2, 0.25) is 0 Å². The van der Waals surface area contributed by atoms with E-state index >= 15 is 0 Å². The smallest absolute Gasteiger partial charge is 0.220 e. The van der Waals surface area contributed by atoms with E-state index in [1.54, 1.807) is 24.6 Å². The fourth-order valence-corrected chi connectivity index (χ4v) is 3.23. The van der Waals surface area contributed by atoms with Crippen LogP contribution in [0.1, 0.15) is 24.3 Å². The SMILES string of the molecule is COCC1(CNC(=O)CCc2nccs2)CCNCC1. The largest absolute Gasteiger partial charge is 0.384 e. The lowest BCUT2D eigenvalue weighted by Gasteiger charge is -2.37. The number of carbonyl (C=O) groups is 1. The Morgan fingerprint density at radius 3 is 3.00 bits per heavy atom. The van der Waals surface area contributed by atoms with Crippen LogP contribution in [-0.4, -0.2) is 44.2 Å². The van der Waals surface area contributed by atoms with E-state index in [2.05, 4.69) is 15.6 Å². The van der Waals surface area contributed by atoms with Crippen molar-refractivity contribution >= 4 is 17.2 Å². The predicted molar refractivity (Wildman–Crippen MR) is 79.9 cm³/mol. The first-order valence-corrected chi connectivity index (χ1v) is 7.97. The highest BCUT2D eigenvalue weighted by molar-refractivity contribution is 7.09. The number of rotatable bonds is 7. The van der Waals surface area contributed by atoms with Crippen LogP contribution in [0.15, 0.2) is 11.6 Å². The summed E-state index contributed by atoms with van der Waals surface area (Å²) in [6, 6.07) is 0. The van der Waals surface area contributed by atoms with E-state index in [4.69, 9.17) is 4.74 Å². The molecule has 1 fully saturated rings. The van der Waals surface area contributed by atoms with Crippen molar-refractivity contribution in [3.8, 4) is 0 Å². The zero-order valence-corrected chi connectivity index (χ0v) is 12.8. The minimum absolute atomic E-state index is 0.0941. The zero-order valence-electron chi connectivity index (χ0n) is 12.0. The molecule has 1 aliphatic heterocycles. The van der Waals surface area contributed by atoms with Gasteiger partial charge in [-0.25, -0.2) is 4.98 Å². The third-order valence-corrected chi connectivity index (χ3v) is 4.66. The van der Waals surface area contributed by atoms with Crippen molar-refractivity contribution in [1.82, 2.24) is 15.6 Å². The molecule has 0 spiro atoms. The number of thiazole rings is 1. The van der Waals surface area contributed by atoms with Crippen molar-refractivity contribution in [2.75, 3.05) is 33.4 Å². The molecule has 0 saturated carbocycles. The topological polar surface area (TPSA) is 63.2 Å². The van der Waals surface area contributed by atoms with Gasteiger partial charge in [0.25, 0.3) is 0 Å². The fourth-order valence-electron chi connectivity index (χ4n) is 2.61. The lowest BCUT2D eigenvalue weighted by atomic mass is 9.79. The molecule has 0 unspecified atom stereocenters. The lowest BCUT2D eigenvalue weighted by molar-refractivity contribution is -0.122. The second kappa shape index (κ2) is 7.71. The molecule has 5 nitrogen and oxygen atoms in total. The molecule has 2 heterocycles. The van der Waals surface area contributed by atoms with Crippen LogP contribution >= 0.6 is 11.3 Å². The third-order valence-electron chi connectivity index (χ3n) is 3.82. The van der Waals surface area contributed by atoms with Gasteiger partial charge in [0.1, 0.15) is 0 Å². The molecular weight excluding hydrogens is 274 g/mol. The highest BCUT2D eigenvalue weighted by Crippen LogP contribution is 2.28. The molecule has 0 atom stereocenters. The molecule has 0 bridgehead atoms. The Hall–Kier alpha value is -0.980. The van der Waals surface area contributed by atoms with Crippen molar-refractivity contribution in [3.63, 3.8) is 0 Å². The van der Waals surface area contributed by atoms with E-state index in [0.29, 0.717) is 19.6 Å². The van der Waals surface area contributed by atoms with Crippen molar-refractivity contribution in [3.05, 3.63) is 16.6 Å². The maximum atomic E-state index is 11.9. The number of aryl methyl sites for hydroxylation is 1. The Morgan fingerprint density at radius 1 is 1.55 bits per heavy atom. The molecule has 0 aromatic carbocycles. The van der Waals surface area contributed by atoms with Gasteiger partial charge < -0.3 is 15.4 Å². The number of ether oxygens (including phenoxy) is 1. The molecular formula is C14H23N3O2S. The van der Waals surface area contributed by atoms with Crippen LogP contribution in [0.4, 0.5) is 0 Å². The molecule has 1 saturated heterocycles. The maximum Gasteiger partial charge on any atom is 0.220 e. The van der Waals surface area contributed by atoms with Crippen molar-refractivity contribution < 1.29 is 9.53 Å². The molecule has 6 heteroatoms. The number of aromatic nitrogens is 1. The van der Waals surface area contributed by atoms with E-state index < -0.39 is 0 Å². The van der Waals surface area contributed by atoms with Gasteiger partial charge in [-0.15, -0.1) is 11.3 Å². The molecule has 112 valence electrons. The summed E-state index contributed by atoms with van der Waals surface area (Å²) in [5.41, 5.74) is 0.0941. The van der Waals surface area contributed by atoms with E-state index in [-0.39, 0.29) is 11.3 Å². The summed E-state index contributed by atoms with van der Waals surface area (Å²) >= 11 is 1.60. The minimum Gasteiger partial charge on any atom is -0.384 e. The van der Waals surface area contributed by atoms with Crippen LogP contribution in [0, 0.1) is 5.41 Å². The summed E-state index contributed by atoms with van der Waals surface area (Å²) in [7, 11) is 1.73. The van der Waals surface area contributed by atoms with Crippen LogP contribution in [0.25, 0.3) is 0 Å². The van der Waals surface area contributed by atoms with E-state index in [1.165, 1.54) is 0 Å². The second-order valence-electron chi connectivity index (χ2n) is 5.39. The van der Waals surface area contributed by atoms with Gasteiger partial charge in [0.2, 0.25) is 5.91 Å². The minimum atomic E-state index is 0.0941. The van der Waals surface area contributed by atoms with E-state index in [0.717, 1.165) is 37.4 Å². The number of hydrogen-bond donors (Lipinski definition) is 2. The molecule has 0 radical (unpaired) electrons. The van der Waals surface area contributed by atoms with Gasteiger partial charge in [0.15, 0.2) is 0 Å². The van der Waals surface area contributed by atoms with Crippen molar-refractivity contribution in [1.29, 1.82) is 0 Å². The standard InChI is InChI=1S/C14H23N3O2S/c1-19-11-14(4-6-15-7-5-14)10-17-12(18)2-3-13-16-8-9-20-13/h8-9,15H,2-7,10-11H2,1H3,(H,17,18). The van der Waals surface area contributed by atoms with Gasteiger partial charge in [-0.1, -0.05) is 0 Å². The Balaban J connectivity index is 1.75. The van der Waals surface area contributed by atoms with E-state index in [9.17, 15) is 4.79 Å². The molecule has 1 aliphatic rings. The summed E-state index contributed by atoms with van der Waals surface area (Å²) in [5, 5.41) is 9.39. The molecule has 2 rings (SSSR count). The van der Waals surface area contributed by atoms with Crippen LogP contribution < -0.4 is 10.6 Å². The summed E-state index contributed by atoms with van der Waals surface area (Å²) in [4.78, 5) is 16.1. The number of piperidine rings is 1. The van der Waals surface area contributed by atoms with Gasteiger partial charge in [-0.2, -0.15) is 0 Å². The van der Waals surface area contributed by atoms with Gasteiger partial charge in [0.05, 0.1) is 11.6 Å². The Kier molecular flexibility index (Phi) is 5.94. The number of carbonyl (C=O) groups excluding carboxylic acids is 1. The first-order valence-electron chi connectivity index (χ1n) is 7.09. The molecule has 1 amide bonds. The molecule has 2 N–H and O–H groups in total. The normalized spacial score (nSPS) is 17.9. The Morgan fingerprint density at radius 2 is 2.35 bits per heavy atom. The summed E-state index contributed by atoms with van der Waals surface area (Å²) in [5.74, 6) is 0.106. The number of amides is 1. The highest BCUT2D eigenvalue weighted by Gasteiger charge is 2.32. The fraction of sp³-hybridized carbons (Fsp3) is 0.714. The first kappa shape index (κ1) is 15.4. The summed E-state index contributed by atoms with van der Waals surface area (Å²) < 4.78 is 5.35. The van der Waals surface area contributed by atoms with Crippen LogP contribution in [0.5, 0.6) is 0 Å². The molecule has 1 aromatic heterocycles. The number of nitrogens with one attached hydrogen (secondary N) is 2. The number of methoxy groups -OCH3 is 1. The van der Waals surface area contributed by atoms with Gasteiger partial charge in [0, 0.05) is 43.5 Å². The quantitative estimate of drug-likeness (QED) is 0.794. The van der Waals surface area contributed by atoms with Crippen molar-refractivity contribution in [2.24, 2.45) is 5.41 Å². The van der Waals surface area contributed by atoms with Gasteiger partial charge in [-0.3, -0.25) is 4.79 Å². The maximum absolute atomic E-state index is 11.9. The van der Waals surface area contributed by atoms with Gasteiger partial charge >= 0.3 is 0 Å². The first-order chi connectivity index (χ1) is 9.74. The monoisotopic (exact) mass is 297 g/mol. The number of nitrogens with zero attached hydrogens (tertiary/aromatic N) is 1. The van der Waals surface area contributed by atoms with E-state index in [1.807, 2.05) is 5.38 Å². The molecule has 0 aliphatic carbocycles. The zero-order chi connectivity index (χ0) is 14.3. The Bertz CT molecular complexity index is 397. The average molecular weight is 297 g/mol. The lowest BCUT2D eigenvalue weighted by Crippen LogP contribution is -2.47. The molecule has 20 heavy (non-hydrogen) atoms. The number of hydrogen-bond acceptors (Lipinski definition) is 5. The summed E-state index contributed by atoms with van der Waals surface area (Å²) in [6.45, 7) is 3.41. The predicted octanol–water partition coefficient (Wildman–Crippen LogP) is 1.21. The summed E-state index contributed by atoms with van der Waals surface area (Å²) in [6.07, 6.45) is 5.11.